The van der Waals surface area contributed by atoms with Gasteiger partial charge in [-0.15, -0.1) is 0 Å². The minimum absolute atomic E-state index is 0.0826. The molecule has 6 nitrogen and oxygen atoms in total. The largest absolute Gasteiger partial charge is 0.480 e. The second-order valence-corrected chi connectivity index (χ2v) is 6.89. The minimum atomic E-state index is -3.68. The average molecular weight is 334 g/mol. The van der Waals surface area contributed by atoms with Crippen molar-refractivity contribution in [3.8, 4) is 0 Å². The van der Waals surface area contributed by atoms with Gasteiger partial charge < -0.3 is 10.8 Å². The van der Waals surface area contributed by atoms with Gasteiger partial charge in [0.15, 0.2) is 0 Å². The van der Waals surface area contributed by atoms with E-state index in [1.165, 1.54) is 12.1 Å². The highest BCUT2D eigenvalue weighted by molar-refractivity contribution is 7.89. The van der Waals surface area contributed by atoms with Gasteiger partial charge in [-0.3, -0.25) is 4.79 Å². The molecule has 0 aliphatic heterocycles. The first-order valence-electron chi connectivity index (χ1n) is 6.93. The Morgan fingerprint density at radius 1 is 0.957 bits per heavy atom. The molecule has 23 heavy (non-hydrogen) atoms. The second kappa shape index (κ2) is 6.91. The summed E-state index contributed by atoms with van der Waals surface area (Å²) < 4.78 is 22.4. The number of carboxylic acid groups (broad SMARTS) is 1. The van der Waals surface area contributed by atoms with E-state index in [2.05, 4.69) is 0 Å². The first kappa shape index (κ1) is 17.1. The van der Waals surface area contributed by atoms with E-state index in [0.717, 1.165) is 16.7 Å². The van der Waals surface area contributed by atoms with Crippen LogP contribution in [0.3, 0.4) is 0 Å². The Kier molecular flexibility index (Phi) is 5.15. The lowest BCUT2D eigenvalue weighted by Gasteiger charge is -2.08. The number of aliphatic carboxylic acids is 1. The van der Waals surface area contributed by atoms with Crippen LogP contribution in [-0.4, -0.2) is 25.5 Å². The smallest absolute Gasteiger partial charge is 0.320 e. The number of benzene rings is 2. The predicted molar refractivity (Wildman–Crippen MR) is 86.4 cm³/mol. The third-order valence-electron chi connectivity index (χ3n) is 3.46. The Morgan fingerprint density at radius 3 is 1.83 bits per heavy atom. The van der Waals surface area contributed by atoms with Crippen molar-refractivity contribution in [2.24, 2.45) is 10.9 Å². The van der Waals surface area contributed by atoms with Crippen LogP contribution in [-0.2, 0) is 27.7 Å². The van der Waals surface area contributed by atoms with Crippen LogP contribution in [0, 0.1) is 0 Å². The molecular formula is C16H18N2O4S. The molecule has 0 heterocycles. The molecule has 5 N–H and O–H groups in total. The molecule has 0 fully saturated rings. The molecular weight excluding hydrogens is 316 g/mol. The van der Waals surface area contributed by atoms with Crippen LogP contribution in [0.15, 0.2) is 53.4 Å². The molecule has 2 aromatic rings. The van der Waals surface area contributed by atoms with Crippen LogP contribution in [0.5, 0.6) is 0 Å². The SMILES string of the molecule is N[C@@H](Cc1ccc(Cc2ccc(S(N)(=O)=O)cc2)cc1)C(=O)O. The van der Waals surface area contributed by atoms with E-state index in [-0.39, 0.29) is 11.3 Å². The maximum absolute atomic E-state index is 11.2. The minimum Gasteiger partial charge on any atom is -0.480 e. The van der Waals surface area contributed by atoms with E-state index in [0.29, 0.717) is 6.42 Å². The van der Waals surface area contributed by atoms with E-state index in [4.69, 9.17) is 16.0 Å². The summed E-state index contributed by atoms with van der Waals surface area (Å²) in [5, 5.41) is 13.9. The maximum atomic E-state index is 11.2. The van der Waals surface area contributed by atoms with Crippen LogP contribution in [0.25, 0.3) is 0 Å². The summed E-state index contributed by atoms with van der Waals surface area (Å²) in [4.78, 5) is 10.8. The van der Waals surface area contributed by atoms with Gasteiger partial charge in [0, 0.05) is 0 Å². The van der Waals surface area contributed by atoms with E-state index in [9.17, 15) is 13.2 Å². The fraction of sp³-hybridized carbons (Fsp3) is 0.188. The van der Waals surface area contributed by atoms with Crippen molar-refractivity contribution in [1.29, 1.82) is 0 Å². The van der Waals surface area contributed by atoms with Crippen LogP contribution in [0.4, 0.5) is 0 Å². The first-order valence-corrected chi connectivity index (χ1v) is 8.48. The Hall–Kier alpha value is -2.22. The van der Waals surface area contributed by atoms with Gasteiger partial charge in [0.1, 0.15) is 6.04 Å². The molecule has 122 valence electrons. The van der Waals surface area contributed by atoms with Crippen molar-refractivity contribution in [2.45, 2.75) is 23.8 Å². The highest BCUT2D eigenvalue weighted by Gasteiger charge is 2.12. The fourth-order valence-electron chi connectivity index (χ4n) is 2.17. The molecule has 0 saturated heterocycles. The van der Waals surface area contributed by atoms with Crippen molar-refractivity contribution < 1.29 is 18.3 Å². The summed E-state index contributed by atoms with van der Waals surface area (Å²) in [6.45, 7) is 0. The molecule has 0 aromatic heterocycles. The van der Waals surface area contributed by atoms with Gasteiger partial charge in [0.25, 0.3) is 0 Å². The van der Waals surface area contributed by atoms with E-state index >= 15 is 0 Å². The lowest BCUT2D eigenvalue weighted by Crippen LogP contribution is -2.32. The molecule has 7 heteroatoms. The third kappa shape index (κ3) is 4.88. The number of hydrogen-bond donors (Lipinski definition) is 3. The fourth-order valence-corrected chi connectivity index (χ4v) is 2.68. The summed E-state index contributed by atoms with van der Waals surface area (Å²) in [7, 11) is -3.68. The van der Waals surface area contributed by atoms with Gasteiger partial charge in [-0.2, -0.15) is 0 Å². The third-order valence-corrected chi connectivity index (χ3v) is 4.39. The normalized spacial score (nSPS) is 12.8. The van der Waals surface area contributed by atoms with Gasteiger partial charge in [0.2, 0.25) is 10.0 Å². The van der Waals surface area contributed by atoms with Gasteiger partial charge in [-0.1, -0.05) is 36.4 Å². The van der Waals surface area contributed by atoms with Crippen molar-refractivity contribution in [2.75, 3.05) is 0 Å². The molecule has 0 amide bonds. The maximum Gasteiger partial charge on any atom is 0.320 e. The average Bonchev–Trinajstić information content (AvgIpc) is 2.49. The highest BCUT2D eigenvalue weighted by Crippen LogP contribution is 2.14. The van der Waals surface area contributed by atoms with Crippen molar-refractivity contribution in [1.82, 2.24) is 0 Å². The van der Waals surface area contributed by atoms with Gasteiger partial charge in [-0.25, -0.2) is 13.6 Å². The molecule has 0 bridgehead atoms. The quantitative estimate of drug-likeness (QED) is 0.723. The van der Waals surface area contributed by atoms with Crippen molar-refractivity contribution in [3.63, 3.8) is 0 Å². The van der Waals surface area contributed by atoms with E-state index < -0.39 is 22.0 Å². The summed E-state index contributed by atoms with van der Waals surface area (Å²) in [5.41, 5.74) is 8.34. The molecule has 2 aromatic carbocycles. The summed E-state index contributed by atoms with van der Waals surface area (Å²) in [6, 6.07) is 13.0. The summed E-state index contributed by atoms with van der Waals surface area (Å²) >= 11 is 0. The van der Waals surface area contributed by atoms with Crippen LogP contribution in [0.1, 0.15) is 16.7 Å². The molecule has 0 aliphatic rings. The predicted octanol–water partition coefficient (Wildman–Crippen LogP) is 0.879. The molecule has 0 saturated carbocycles. The molecule has 0 aliphatic carbocycles. The highest BCUT2D eigenvalue weighted by atomic mass is 32.2. The number of carboxylic acids is 1. The Bertz CT molecular complexity index is 784. The standard InChI is InChI=1S/C16H18N2O4S/c17-15(16(19)20)10-13-3-1-11(2-4-13)9-12-5-7-14(8-6-12)23(18,21)22/h1-8,15H,9-10,17H2,(H,19,20)(H2,18,21,22)/t15-/m0/s1. The zero-order valence-corrected chi connectivity index (χ0v) is 13.2. The van der Waals surface area contributed by atoms with Gasteiger partial charge in [0.05, 0.1) is 4.90 Å². The molecule has 2 rings (SSSR count). The number of carbonyl (C=O) groups is 1. The number of hydrogen-bond acceptors (Lipinski definition) is 4. The molecule has 1 atom stereocenters. The van der Waals surface area contributed by atoms with E-state index in [1.54, 1.807) is 12.1 Å². The van der Waals surface area contributed by atoms with Gasteiger partial charge in [-0.05, 0) is 41.7 Å². The van der Waals surface area contributed by atoms with Crippen molar-refractivity contribution in [3.05, 3.63) is 65.2 Å². The second-order valence-electron chi connectivity index (χ2n) is 5.33. The lowest BCUT2D eigenvalue weighted by atomic mass is 10.0. The topological polar surface area (TPSA) is 123 Å². The molecule has 0 spiro atoms. The number of nitrogens with two attached hydrogens (primary N) is 2. The Balaban J connectivity index is 2.05. The molecule has 0 unspecified atom stereocenters. The van der Waals surface area contributed by atoms with Crippen LogP contribution in [0.2, 0.25) is 0 Å². The Labute approximate surface area is 134 Å². The summed E-state index contributed by atoms with van der Waals surface area (Å²) in [6.07, 6.45) is 0.912. The Morgan fingerprint density at radius 2 is 1.39 bits per heavy atom. The van der Waals surface area contributed by atoms with Crippen LogP contribution >= 0.6 is 0 Å². The summed E-state index contributed by atoms with van der Waals surface area (Å²) in [5.74, 6) is -1.02. The number of primary sulfonamides is 1. The van der Waals surface area contributed by atoms with Crippen molar-refractivity contribution >= 4 is 16.0 Å². The first-order chi connectivity index (χ1) is 10.8. The van der Waals surface area contributed by atoms with E-state index in [1.807, 2.05) is 24.3 Å². The molecule has 0 radical (unpaired) electrons. The number of sulfonamides is 1. The zero-order chi connectivity index (χ0) is 17.0. The zero-order valence-electron chi connectivity index (χ0n) is 12.3. The van der Waals surface area contributed by atoms with Crippen LogP contribution < -0.4 is 10.9 Å². The van der Waals surface area contributed by atoms with Gasteiger partial charge >= 0.3 is 5.97 Å². The number of rotatable bonds is 6. The monoisotopic (exact) mass is 334 g/mol. The lowest BCUT2D eigenvalue weighted by molar-refractivity contribution is -0.138.